The number of allylic oxidation sites excluding steroid dienone is 2. The van der Waals surface area contributed by atoms with Gasteiger partial charge in [-0.05, 0) is 29.1 Å². The van der Waals surface area contributed by atoms with Gasteiger partial charge in [-0.15, -0.1) is 11.3 Å². The molecule has 1 aromatic heterocycles. The van der Waals surface area contributed by atoms with E-state index in [1.54, 1.807) is 45.9 Å². The molecule has 0 nitrogen and oxygen atoms in total. The van der Waals surface area contributed by atoms with Crippen molar-refractivity contribution in [2.45, 2.75) is 75.1 Å². The number of fused-ring (bicyclic) bond motifs is 1. The predicted molar refractivity (Wildman–Crippen MR) is 153 cm³/mol. The van der Waals surface area contributed by atoms with Crippen molar-refractivity contribution in [3.8, 4) is 11.1 Å². The van der Waals surface area contributed by atoms with Crippen LogP contribution in [0.1, 0.15) is 82.8 Å². The molecule has 0 amide bonds. The van der Waals surface area contributed by atoms with E-state index in [0.29, 0.717) is 3.63 Å². The maximum absolute atomic E-state index is 2.51. The van der Waals surface area contributed by atoms with E-state index in [0.717, 1.165) is 5.54 Å². The second-order valence-corrected chi connectivity index (χ2v) is 17.9. The molecule has 7 rings (SSSR count). The number of hydrogen-bond acceptors (Lipinski definition) is 1. The summed E-state index contributed by atoms with van der Waals surface area (Å²) in [6.45, 7) is 11.9. The second-order valence-electron chi connectivity index (χ2n) is 11.1. The summed E-state index contributed by atoms with van der Waals surface area (Å²) in [6.07, 6.45) is 8.95. The Morgan fingerprint density at radius 3 is 2.27 bits per heavy atom. The van der Waals surface area contributed by atoms with Gasteiger partial charge in [0.2, 0.25) is 0 Å². The van der Waals surface area contributed by atoms with Crippen LogP contribution in [0.25, 0.3) is 22.4 Å². The molecule has 0 saturated heterocycles. The van der Waals surface area contributed by atoms with Crippen LogP contribution in [0.4, 0.5) is 0 Å². The third kappa shape index (κ3) is 5.64. The number of rotatable bonds is 6. The number of halogens is 2. The third-order valence-corrected chi connectivity index (χ3v) is 15.4. The van der Waals surface area contributed by atoms with E-state index in [4.69, 9.17) is 0 Å². The zero-order valence-electron chi connectivity index (χ0n) is 22.6. The molecule has 2 atom stereocenters. The van der Waals surface area contributed by atoms with Crippen LogP contribution in [-0.4, -0.2) is 8.07 Å². The minimum absolute atomic E-state index is 0. The molecule has 2 aromatic carbocycles. The van der Waals surface area contributed by atoms with Gasteiger partial charge in [0.05, 0.1) is 8.07 Å². The summed E-state index contributed by atoms with van der Waals surface area (Å²) in [5.74, 6) is 0. The van der Waals surface area contributed by atoms with Crippen LogP contribution in [0.15, 0.2) is 65.1 Å². The average molecular weight is 644 g/mol. The fraction of sp³-hybridized carbons (Fsp3) is 0.375. The molecule has 4 aliphatic rings. The molecule has 193 valence electrons. The van der Waals surface area contributed by atoms with Crippen molar-refractivity contribution in [2.75, 3.05) is 0 Å². The molecule has 2 bridgehead atoms. The first-order valence-electron chi connectivity index (χ1n) is 13.2. The topological polar surface area (TPSA) is 0 Å². The van der Waals surface area contributed by atoms with E-state index >= 15 is 0 Å². The van der Waals surface area contributed by atoms with E-state index in [1.807, 2.05) is 11.3 Å². The molecule has 37 heavy (non-hydrogen) atoms. The first-order valence-corrected chi connectivity index (χ1v) is 18.6. The number of benzene rings is 2. The zero-order valence-corrected chi connectivity index (χ0v) is 28.4. The molecule has 0 radical (unpaired) electrons. The Bertz CT molecular complexity index is 1300. The smallest absolute Gasteiger partial charge is 1.00 e. The molecule has 2 aliphatic carbocycles. The van der Waals surface area contributed by atoms with E-state index in [1.165, 1.54) is 65.5 Å². The summed E-state index contributed by atoms with van der Waals surface area (Å²) in [7, 11) is -0.972. The van der Waals surface area contributed by atoms with Crippen LogP contribution >= 0.6 is 11.3 Å². The molecular formula is C32H37Cl2SSiZr. The Hall–Kier alpha value is -0.700. The summed E-state index contributed by atoms with van der Waals surface area (Å²) in [5.41, 5.74) is 12.9. The van der Waals surface area contributed by atoms with Gasteiger partial charge in [-0.1, -0.05) is 32.0 Å². The van der Waals surface area contributed by atoms with E-state index in [2.05, 4.69) is 93.9 Å². The van der Waals surface area contributed by atoms with Gasteiger partial charge >= 0.3 is 143 Å². The largest absolute Gasteiger partial charge is 1.00 e. The summed E-state index contributed by atoms with van der Waals surface area (Å²) in [5, 5.41) is 4.02. The van der Waals surface area contributed by atoms with Gasteiger partial charge in [-0.3, -0.25) is 0 Å². The molecule has 0 N–H and O–H groups in total. The summed E-state index contributed by atoms with van der Waals surface area (Å²) in [6, 6.07) is 18.4. The molecule has 2 aliphatic heterocycles. The first kappa shape index (κ1) is 30.8. The van der Waals surface area contributed by atoms with Gasteiger partial charge in [0.15, 0.2) is 0 Å². The maximum Gasteiger partial charge on any atom is -1.00 e. The molecule has 5 heteroatoms. The fourth-order valence-corrected chi connectivity index (χ4v) is 13.6. The Balaban J connectivity index is 0.000000229. The van der Waals surface area contributed by atoms with Crippen molar-refractivity contribution in [2.24, 2.45) is 0 Å². The van der Waals surface area contributed by atoms with Crippen molar-refractivity contribution in [3.05, 3.63) is 92.2 Å². The van der Waals surface area contributed by atoms with Crippen LogP contribution in [0.5, 0.6) is 0 Å². The quantitative estimate of drug-likeness (QED) is 0.283. The number of aryl methyl sites for hydroxylation is 1. The molecule has 3 aromatic rings. The van der Waals surface area contributed by atoms with Crippen molar-refractivity contribution in [1.82, 2.24) is 0 Å². The SMILES string of the molecule is CC1=C2c3sccc3C1[Si]2(C)C.CCCCCCc1ccc(-c2cccc3c2C=C(C)[CH]3[Zr+2])cc1.[Cl-].[Cl-]. The van der Waals surface area contributed by atoms with Gasteiger partial charge < -0.3 is 24.8 Å². The van der Waals surface area contributed by atoms with Crippen molar-refractivity contribution < 1.29 is 49.5 Å². The van der Waals surface area contributed by atoms with E-state index in [9.17, 15) is 0 Å². The number of unbranched alkanes of at least 4 members (excludes halogenated alkanes) is 3. The van der Waals surface area contributed by atoms with Crippen LogP contribution in [0.2, 0.25) is 13.1 Å². The summed E-state index contributed by atoms with van der Waals surface area (Å²) >= 11 is 3.54. The average Bonchev–Trinajstić information content (AvgIpc) is 3.54. The van der Waals surface area contributed by atoms with Gasteiger partial charge in [-0.25, -0.2) is 0 Å². The van der Waals surface area contributed by atoms with Crippen LogP contribution in [0.3, 0.4) is 0 Å². The Kier molecular flexibility index (Phi) is 10.5. The summed E-state index contributed by atoms with van der Waals surface area (Å²) < 4.78 is 0.648. The van der Waals surface area contributed by atoms with Crippen LogP contribution in [-0.2, 0) is 31.1 Å². The third-order valence-electron chi connectivity index (χ3n) is 8.29. The first-order chi connectivity index (χ1) is 16.8. The van der Waals surface area contributed by atoms with E-state index in [-0.39, 0.29) is 24.8 Å². The fourth-order valence-electron chi connectivity index (χ4n) is 6.51. The Morgan fingerprint density at radius 1 is 0.892 bits per heavy atom. The Labute approximate surface area is 256 Å². The van der Waals surface area contributed by atoms with Crippen molar-refractivity contribution in [3.63, 3.8) is 0 Å². The number of thiophene rings is 1. The molecule has 0 fully saturated rings. The van der Waals surface area contributed by atoms with Crippen molar-refractivity contribution >= 4 is 30.7 Å². The predicted octanol–water partition coefficient (Wildman–Crippen LogP) is 3.91. The normalized spacial score (nSPS) is 19.5. The number of hydrogen-bond donors (Lipinski definition) is 0. The monoisotopic (exact) mass is 641 g/mol. The minimum atomic E-state index is -0.972. The maximum atomic E-state index is 2.51. The molecule has 0 saturated carbocycles. The van der Waals surface area contributed by atoms with Crippen LogP contribution in [0, 0.1) is 0 Å². The van der Waals surface area contributed by atoms with Crippen molar-refractivity contribution in [1.29, 1.82) is 0 Å². The minimum Gasteiger partial charge on any atom is -1.00 e. The van der Waals surface area contributed by atoms with Gasteiger partial charge in [0, 0.05) is 10.4 Å². The van der Waals surface area contributed by atoms with Gasteiger partial charge in [0.1, 0.15) is 0 Å². The molecule has 2 unspecified atom stereocenters. The molecule has 3 heterocycles. The zero-order chi connectivity index (χ0) is 24.7. The van der Waals surface area contributed by atoms with Gasteiger partial charge in [0.25, 0.3) is 0 Å². The Morgan fingerprint density at radius 2 is 1.62 bits per heavy atom. The van der Waals surface area contributed by atoms with Gasteiger partial charge in [-0.2, -0.15) is 0 Å². The molecular weight excluding hydrogens is 607 g/mol. The second kappa shape index (κ2) is 12.6. The molecule has 0 spiro atoms. The van der Waals surface area contributed by atoms with Crippen LogP contribution < -0.4 is 24.8 Å². The summed E-state index contributed by atoms with van der Waals surface area (Å²) in [4.78, 5) is 1.63. The van der Waals surface area contributed by atoms with E-state index < -0.39 is 8.07 Å². The standard InChI is InChI=1S/C22H25.C10H12SSi.2ClH.Zr/c1-3-4-5-6-8-18-11-13-19(14-12-18)21-10-7-9-20-15-17(2)16-22(20)21;1-6-9-7-4-5-11-8(7)10(6)12(9,2)3;;;/h7,9-16H,3-6,8H2,1-2H3;4-5,9H,1-3H3;2*1H;/q;;;;+2/p-2.